The molecule has 2 aromatic rings. The maximum absolute atomic E-state index is 13.3. The molecule has 1 aliphatic heterocycles. The Morgan fingerprint density at radius 2 is 1.49 bits per heavy atom. The van der Waals surface area contributed by atoms with Crippen molar-refractivity contribution in [2.45, 2.75) is 124 Å². The molecule has 1 aromatic carbocycles. The summed E-state index contributed by atoms with van der Waals surface area (Å²) in [5, 5.41) is 3.62. The third kappa shape index (κ3) is 11.7. The summed E-state index contributed by atoms with van der Waals surface area (Å²) in [6, 6.07) is 12.7. The summed E-state index contributed by atoms with van der Waals surface area (Å²) in [5.41, 5.74) is 1.75. The minimum Gasteiger partial charge on any atom is -0.444 e. The molecule has 49 heavy (non-hydrogen) atoms. The van der Waals surface area contributed by atoms with Gasteiger partial charge in [-0.15, -0.1) is 0 Å². The molecule has 11 heteroatoms. The standard InChI is InChI=1S/C38H56N4O7/c1-24-13-12-14-26(17-24)29-21-30(29)39-15-16-46-31-23-41(33(43)47-36(3,4)5)22-27(31)20-28-18-25(2)19-32(40-28)42(34(44)48-37(6,7)8)35(45)49-38(9,10)11/h12-14,17-19,27,29-31,39H,15-16,20-23H2,1-11H3/t27-,29-,30+,31+/m1/s1. The minimum absolute atomic E-state index is 0.105. The largest absolute Gasteiger partial charge is 0.444 e. The van der Waals surface area contributed by atoms with E-state index >= 15 is 0 Å². The molecule has 2 heterocycles. The van der Waals surface area contributed by atoms with Crippen LogP contribution in [0.1, 0.15) is 97.0 Å². The average molecular weight is 681 g/mol. The van der Waals surface area contributed by atoms with Gasteiger partial charge in [-0.1, -0.05) is 29.8 Å². The van der Waals surface area contributed by atoms with Crippen LogP contribution in [0.3, 0.4) is 0 Å². The van der Waals surface area contributed by atoms with Gasteiger partial charge in [0.25, 0.3) is 0 Å². The maximum atomic E-state index is 13.3. The number of anilines is 1. The van der Waals surface area contributed by atoms with Gasteiger partial charge in [-0.2, -0.15) is 4.90 Å². The first-order valence-electron chi connectivity index (χ1n) is 17.3. The Kier molecular flexibility index (Phi) is 11.7. The van der Waals surface area contributed by atoms with Crippen LogP contribution in [0, 0.1) is 19.8 Å². The molecular weight excluding hydrogens is 624 g/mol. The second-order valence-electron chi connectivity index (χ2n) is 16.4. The lowest BCUT2D eigenvalue weighted by Crippen LogP contribution is -2.44. The lowest BCUT2D eigenvalue weighted by molar-refractivity contribution is 0.0185. The molecule has 0 radical (unpaired) electrons. The fourth-order valence-corrected chi connectivity index (χ4v) is 5.93. The van der Waals surface area contributed by atoms with Gasteiger partial charge in [-0.25, -0.2) is 19.4 Å². The molecule has 4 rings (SSSR count). The van der Waals surface area contributed by atoms with Crippen molar-refractivity contribution in [1.82, 2.24) is 15.2 Å². The van der Waals surface area contributed by atoms with Gasteiger partial charge in [0.15, 0.2) is 0 Å². The number of imide groups is 1. The molecule has 0 spiro atoms. The van der Waals surface area contributed by atoms with Crippen molar-refractivity contribution in [2.75, 3.05) is 31.1 Å². The summed E-state index contributed by atoms with van der Waals surface area (Å²) in [7, 11) is 0. The zero-order valence-electron chi connectivity index (χ0n) is 31.2. The van der Waals surface area contributed by atoms with E-state index in [2.05, 4.69) is 36.5 Å². The maximum Gasteiger partial charge on any atom is 0.425 e. The molecule has 270 valence electrons. The van der Waals surface area contributed by atoms with Gasteiger partial charge in [0.05, 0.1) is 19.3 Å². The Balaban J connectivity index is 1.49. The fraction of sp³-hybridized carbons (Fsp3) is 0.632. The van der Waals surface area contributed by atoms with Crippen molar-refractivity contribution in [3.05, 3.63) is 58.8 Å². The molecule has 1 aliphatic carbocycles. The zero-order chi connectivity index (χ0) is 36.3. The van der Waals surface area contributed by atoms with Gasteiger partial charge in [-0.3, -0.25) is 0 Å². The molecule has 0 bridgehead atoms. The Morgan fingerprint density at radius 1 is 0.857 bits per heavy atom. The van der Waals surface area contributed by atoms with E-state index in [9.17, 15) is 14.4 Å². The van der Waals surface area contributed by atoms with Gasteiger partial charge < -0.3 is 29.2 Å². The molecule has 11 nitrogen and oxygen atoms in total. The smallest absolute Gasteiger partial charge is 0.425 e. The topological polar surface area (TPSA) is 120 Å². The Bertz CT molecular complexity index is 1460. The third-order valence-electron chi connectivity index (χ3n) is 8.00. The average Bonchev–Trinajstić information content (AvgIpc) is 3.59. The number of aromatic nitrogens is 1. The van der Waals surface area contributed by atoms with Crippen LogP contribution in [0.4, 0.5) is 20.2 Å². The first-order valence-corrected chi connectivity index (χ1v) is 17.3. The highest BCUT2D eigenvalue weighted by atomic mass is 16.6. The molecule has 1 saturated heterocycles. The number of rotatable bonds is 9. The Labute approximate surface area is 292 Å². The van der Waals surface area contributed by atoms with Gasteiger partial charge in [0.2, 0.25) is 0 Å². The van der Waals surface area contributed by atoms with Gasteiger partial charge >= 0.3 is 18.3 Å². The van der Waals surface area contributed by atoms with Crippen molar-refractivity contribution in [2.24, 2.45) is 5.92 Å². The molecule has 1 aromatic heterocycles. The van der Waals surface area contributed by atoms with Crippen LogP contribution in [0.5, 0.6) is 0 Å². The van der Waals surface area contributed by atoms with Crippen molar-refractivity contribution in [1.29, 1.82) is 0 Å². The zero-order valence-corrected chi connectivity index (χ0v) is 31.2. The summed E-state index contributed by atoms with van der Waals surface area (Å²) in [4.78, 5) is 47.1. The van der Waals surface area contributed by atoms with E-state index in [0.717, 1.165) is 16.9 Å². The Morgan fingerprint density at radius 3 is 2.08 bits per heavy atom. The number of benzene rings is 1. The second kappa shape index (κ2) is 15.0. The van der Waals surface area contributed by atoms with Crippen LogP contribution >= 0.6 is 0 Å². The normalized spacial score (nSPS) is 20.9. The number of pyridine rings is 1. The van der Waals surface area contributed by atoms with E-state index in [-0.39, 0.29) is 23.9 Å². The van der Waals surface area contributed by atoms with E-state index in [1.807, 2.05) is 33.8 Å². The molecule has 3 amide bonds. The Hall–Kier alpha value is -3.70. The van der Waals surface area contributed by atoms with Crippen LogP contribution < -0.4 is 10.2 Å². The number of amides is 3. The van der Waals surface area contributed by atoms with E-state index in [1.165, 1.54) is 11.1 Å². The first kappa shape index (κ1) is 38.1. The number of hydrogen-bond donors (Lipinski definition) is 1. The van der Waals surface area contributed by atoms with E-state index in [0.29, 0.717) is 50.3 Å². The predicted octanol–water partition coefficient (Wildman–Crippen LogP) is 7.32. The van der Waals surface area contributed by atoms with Crippen LogP contribution in [-0.2, 0) is 25.4 Å². The quantitative estimate of drug-likeness (QED) is 0.215. The van der Waals surface area contributed by atoms with Crippen LogP contribution in [0.15, 0.2) is 36.4 Å². The summed E-state index contributed by atoms with van der Waals surface area (Å²) in [6.45, 7) is 21.9. The lowest BCUT2D eigenvalue weighted by atomic mass is 9.98. The molecular formula is C38H56N4O7. The number of ether oxygens (including phenoxy) is 4. The highest BCUT2D eigenvalue weighted by Crippen LogP contribution is 2.41. The van der Waals surface area contributed by atoms with Gasteiger partial charge in [0, 0.05) is 36.7 Å². The van der Waals surface area contributed by atoms with E-state index in [4.69, 9.17) is 23.9 Å². The van der Waals surface area contributed by atoms with Crippen LogP contribution in [0.2, 0.25) is 0 Å². The fourth-order valence-electron chi connectivity index (χ4n) is 5.93. The number of likely N-dealkylation sites (tertiary alicyclic amines) is 1. The second-order valence-corrected chi connectivity index (χ2v) is 16.4. The van der Waals surface area contributed by atoms with E-state index in [1.54, 1.807) is 52.5 Å². The molecule has 2 aliphatic rings. The van der Waals surface area contributed by atoms with Crippen molar-refractivity contribution in [3.63, 3.8) is 0 Å². The highest BCUT2D eigenvalue weighted by molar-refractivity contribution is 6.08. The summed E-state index contributed by atoms with van der Waals surface area (Å²) in [6.07, 6.45) is -0.860. The SMILES string of the molecule is Cc1cccc([C@H]2C[C@@H]2NCCO[C@H]2CN(C(=O)OC(C)(C)C)C[C@H]2Cc2cc(C)cc(N(C(=O)OC(C)(C)C)C(=O)OC(C)(C)C)n2)c1. The molecule has 1 saturated carbocycles. The molecule has 1 N–H and O–H groups in total. The van der Waals surface area contributed by atoms with Crippen molar-refractivity contribution >= 4 is 24.1 Å². The third-order valence-corrected chi connectivity index (χ3v) is 8.00. The minimum atomic E-state index is -0.878. The van der Waals surface area contributed by atoms with Crippen molar-refractivity contribution < 1.29 is 33.3 Å². The van der Waals surface area contributed by atoms with Gasteiger partial charge in [-0.05, 0) is 112 Å². The number of nitrogens with one attached hydrogen (secondary N) is 1. The van der Waals surface area contributed by atoms with Crippen molar-refractivity contribution in [3.8, 4) is 0 Å². The predicted molar refractivity (Wildman–Crippen MR) is 189 cm³/mol. The van der Waals surface area contributed by atoms with Gasteiger partial charge in [0.1, 0.15) is 22.6 Å². The highest BCUT2D eigenvalue weighted by Gasteiger charge is 2.40. The number of nitrogens with zero attached hydrogens (tertiary/aromatic N) is 3. The van der Waals surface area contributed by atoms with Crippen LogP contribution in [0.25, 0.3) is 0 Å². The molecule has 2 fully saturated rings. The first-order chi connectivity index (χ1) is 22.7. The number of carbonyl (C=O) groups excluding carboxylic acids is 3. The molecule has 4 atom stereocenters. The van der Waals surface area contributed by atoms with E-state index < -0.39 is 29.0 Å². The number of hydrogen-bond acceptors (Lipinski definition) is 9. The number of carbonyl (C=O) groups is 3. The summed E-state index contributed by atoms with van der Waals surface area (Å²) < 4.78 is 23.3. The van der Waals surface area contributed by atoms with Crippen LogP contribution in [-0.4, -0.2) is 83.4 Å². The molecule has 0 unspecified atom stereocenters. The lowest BCUT2D eigenvalue weighted by Gasteiger charge is -2.28. The number of aryl methyl sites for hydroxylation is 2. The monoisotopic (exact) mass is 680 g/mol. The summed E-state index contributed by atoms with van der Waals surface area (Å²) in [5.74, 6) is 0.520. The summed E-state index contributed by atoms with van der Waals surface area (Å²) >= 11 is 0.